The summed E-state index contributed by atoms with van der Waals surface area (Å²) in [6.07, 6.45) is 4.42. The Morgan fingerprint density at radius 1 is 1.44 bits per heavy atom. The van der Waals surface area contributed by atoms with E-state index in [2.05, 4.69) is 18.8 Å². The summed E-state index contributed by atoms with van der Waals surface area (Å²) in [5.41, 5.74) is 3.74. The van der Waals surface area contributed by atoms with Gasteiger partial charge in [-0.15, -0.1) is 0 Å². The summed E-state index contributed by atoms with van der Waals surface area (Å²) in [5, 5.41) is 3.33. The third-order valence-electron chi connectivity index (χ3n) is 3.43. The summed E-state index contributed by atoms with van der Waals surface area (Å²) < 4.78 is 1.90. The van der Waals surface area contributed by atoms with Crippen molar-refractivity contribution in [1.82, 2.24) is 9.88 Å². The van der Waals surface area contributed by atoms with Gasteiger partial charge in [-0.1, -0.05) is 19.6 Å². The van der Waals surface area contributed by atoms with Gasteiger partial charge in [0, 0.05) is 24.8 Å². The van der Waals surface area contributed by atoms with Crippen LogP contribution in [0.2, 0.25) is 0 Å². The molecule has 0 atom stereocenters. The quantitative estimate of drug-likeness (QED) is 0.614. The average molecular weight is 246 g/mol. The van der Waals surface area contributed by atoms with Gasteiger partial charge in [0.05, 0.1) is 0 Å². The molecule has 0 saturated carbocycles. The highest BCUT2D eigenvalue weighted by Crippen LogP contribution is 2.20. The molecule has 1 aromatic rings. The highest BCUT2D eigenvalue weighted by Gasteiger charge is 2.15. The van der Waals surface area contributed by atoms with Crippen molar-refractivity contribution < 1.29 is 0 Å². The molecule has 1 heterocycles. The van der Waals surface area contributed by atoms with Crippen LogP contribution in [0.5, 0.6) is 0 Å². The van der Waals surface area contributed by atoms with E-state index in [1.165, 1.54) is 17.7 Å². The fourth-order valence-electron chi connectivity index (χ4n) is 2.53. The number of aryl methyl sites for hydroxylation is 1. The van der Waals surface area contributed by atoms with Crippen molar-refractivity contribution in [3.8, 4) is 0 Å². The SMILES string of the molecule is C=C(CNCCC)Cn1c2c(ccc1=O)CCC2. The predicted octanol–water partition coefficient (Wildman–Crippen LogP) is 1.89. The van der Waals surface area contributed by atoms with E-state index in [1.807, 2.05) is 10.6 Å². The Labute approximate surface area is 109 Å². The molecule has 1 aliphatic carbocycles. The van der Waals surface area contributed by atoms with Gasteiger partial charge in [-0.2, -0.15) is 0 Å². The van der Waals surface area contributed by atoms with Crippen LogP contribution in [0.3, 0.4) is 0 Å². The van der Waals surface area contributed by atoms with Gasteiger partial charge in [0.1, 0.15) is 0 Å². The molecule has 0 unspecified atom stereocenters. The Bertz CT molecular complexity index is 488. The van der Waals surface area contributed by atoms with Gasteiger partial charge < -0.3 is 9.88 Å². The lowest BCUT2D eigenvalue weighted by atomic mass is 10.2. The maximum atomic E-state index is 11.9. The van der Waals surface area contributed by atoms with Crippen molar-refractivity contribution in [2.75, 3.05) is 13.1 Å². The summed E-state index contributed by atoms with van der Waals surface area (Å²) in [4.78, 5) is 11.9. The van der Waals surface area contributed by atoms with E-state index in [-0.39, 0.29) is 5.56 Å². The van der Waals surface area contributed by atoms with Crippen LogP contribution in [-0.2, 0) is 19.4 Å². The molecular formula is C15H22N2O. The second-order valence-electron chi connectivity index (χ2n) is 5.01. The number of pyridine rings is 1. The first-order chi connectivity index (χ1) is 8.72. The van der Waals surface area contributed by atoms with Gasteiger partial charge >= 0.3 is 0 Å². The lowest BCUT2D eigenvalue weighted by Gasteiger charge is -2.14. The highest BCUT2D eigenvalue weighted by molar-refractivity contribution is 5.26. The van der Waals surface area contributed by atoms with Crippen molar-refractivity contribution in [2.45, 2.75) is 39.2 Å². The molecule has 3 nitrogen and oxygen atoms in total. The largest absolute Gasteiger partial charge is 0.313 e. The predicted molar refractivity (Wildman–Crippen MR) is 75.0 cm³/mol. The molecule has 2 rings (SSSR count). The summed E-state index contributed by atoms with van der Waals surface area (Å²) in [5.74, 6) is 0. The molecule has 0 aromatic carbocycles. The van der Waals surface area contributed by atoms with Crippen LogP contribution in [0.15, 0.2) is 29.1 Å². The number of hydrogen-bond donors (Lipinski definition) is 1. The zero-order valence-electron chi connectivity index (χ0n) is 11.2. The van der Waals surface area contributed by atoms with Crippen LogP contribution in [0, 0.1) is 0 Å². The molecule has 98 valence electrons. The van der Waals surface area contributed by atoms with Crippen molar-refractivity contribution in [1.29, 1.82) is 0 Å². The number of nitrogens with zero attached hydrogens (tertiary/aromatic N) is 1. The van der Waals surface area contributed by atoms with Crippen molar-refractivity contribution in [2.24, 2.45) is 0 Å². The van der Waals surface area contributed by atoms with E-state index in [9.17, 15) is 4.79 Å². The van der Waals surface area contributed by atoms with Crippen LogP contribution in [0.25, 0.3) is 0 Å². The first-order valence-corrected chi connectivity index (χ1v) is 6.81. The van der Waals surface area contributed by atoms with Crippen molar-refractivity contribution in [3.05, 3.63) is 45.9 Å². The Hall–Kier alpha value is -1.35. The minimum Gasteiger partial charge on any atom is -0.313 e. The first-order valence-electron chi connectivity index (χ1n) is 6.81. The molecule has 0 amide bonds. The van der Waals surface area contributed by atoms with E-state index in [0.717, 1.165) is 37.9 Å². The van der Waals surface area contributed by atoms with E-state index in [0.29, 0.717) is 6.54 Å². The normalized spacial score (nSPS) is 13.6. The molecule has 1 N–H and O–H groups in total. The second-order valence-corrected chi connectivity index (χ2v) is 5.01. The molecule has 1 aromatic heterocycles. The van der Waals surface area contributed by atoms with Crippen LogP contribution in [0.4, 0.5) is 0 Å². The molecule has 18 heavy (non-hydrogen) atoms. The lowest BCUT2D eigenvalue weighted by Crippen LogP contribution is -2.26. The van der Waals surface area contributed by atoms with E-state index >= 15 is 0 Å². The minimum atomic E-state index is 0.104. The zero-order chi connectivity index (χ0) is 13.0. The summed E-state index contributed by atoms with van der Waals surface area (Å²) >= 11 is 0. The maximum Gasteiger partial charge on any atom is 0.251 e. The number of fused-ring (bicyclic) bond motifs is 1. The fourth-order valence-corrected chi connectivity index (χ4v) is 2.53. The summed E-state index contributed by atoms with van der Waals surface area (Å²) in [6, 6.07) is 3.68. The molecule has 3 heteroatoms. The molecule has 0 saturated heterocycles. The minimum absolute atomic E-state index is 0.104. The van der Waals surface area contributed by atoms with Gasteiger partial charge in [0.15, 0.2) is 0 Å². The number of hydrogen-bond acceptors (Lipinski definition) is 2. The molecule has 1 aliphatic rings. The zero-order valence-corrected chi connectivity index (χ0v) is 11.2. The van der Waals surface area contributed by atoms with Gasteiger partial charge in [0.2, 0.25) is 0 Å². The van der Waals surface area contributed by atoms with E-state index in [4.69, 9.17) is 0 Å². The molecule has 0 radical (unpaired) electrons. The third-order valence-corrected chi connectivity index (χ3v) is 3.43. The van der Waals surface area contributed by atoms with Crippen LogP contribution >= 0.6 is 0 Å². The van der Waals surface area contributed by atoms with Gasteiger partial charge in [-0.05, 0) is 43.4 Å². The first kappa shape index (κ1) is 13.1. The van der Waals surface area contributed by atoms with Crippen LogP contribution in [-0.4, -0.2) is 17.7 Å². The van der Waals surface area contributed by atoms with Gasteiger partial charge in [-0.25, -0.2) is 0 Å². The molecule has 0 fully saturated rings. The van der Waals surface area contributed by atoms with E-state index < -0.39 is 0 Å². The number of aromatic nitrogens is 1. The standard InChI is InChI=1S/C15H22N2O/c1-3-9-16-10-12(2)11-17-14-6-4-5-13(14)7-8-15(17)18/h7-8,16H,2-6,9-11H2,1H3. The molecular weight excluding hydrogens is 224 g/mol. The number of nitrogens with one attached hydrogen (secondary N) is 1. The molecule has 0 aliphatic heterocycles. The number of rotatable bonds is 6. The van der Waals surface area contributed by atoms with E-state index in [1.54, 1.807) is 6.07 Å². The Morgan fingerprint density at radius 3 is 3.06 bits per heavy atom. The summed E-state index contributed by atoms with van der Waals surface area (Å²) in [7, 11) is 0. The van der Waals surface area contributed by atoms with Crippen molar-refractivity contribution >= 4 is 0 Å². The van der Waals surface area contributed by atoms with Crippen LogP contribution < -0.4 is 10.9 Å². The monoisotopic (exact) mass is 246 g/mol. The second kappa shape index (κ2) is 6.01. The lowest BCUT2D eigenvalue weighted by molar-refractivity contribution is 0.647. The third kappa shape index (κ3) is 2.91. The Morgan fingerprint density at radius 2 is 2.28 bits per heavy atom. The summed E-state index contributed by atoms with van der Waals surface area (Å²) in [6.45, 7) is 8.66. The van der Waals surface area contributed by atoms with Crippen LogP contribution in [0.1, 0.15) is 31.0 Å². The maximum absolute atomic E-state index is 11.9. The Kier molecular flexibility index (Phi) is 4.37. The fraction of sp³-hybridized carbons (Fsp3) is 0.533. The molecule has 0 bridgehead atoms. The topological polar surface area (TPSA) is 34.0 Å². The van der Waals surface area contributed by atoms with Gasteiger partial charge in [0.25, 0.3) is 5.56 Å². The van der Waals surface area contributed by atoms with Crippen molar-refractivity contribution in [3.63, 3.8) is 0 Å². The smallest absolute Gasteiger partial charge is 0.251 e. The molecule has 0 spiro atoms. The Balaban J connectivity index is 2.07. The van der Waals surface area contributed by atoms with Gasteiger partial charge in [-0.3, -0.25) is 4.79 Å². The average Bonchev–Trinajstić information content (AvgIpc) is 2.82. The highest BCUT2D eigenvalue weighted by atomic mass is 16.1.